The summed E-state index contributed by atoms with van der Waals surface area (Å²) >= 11 is 0. The molecule has 0 atom stereocenters. The lowest BCUT2D eigenvalue weighted by atomic mass is 10.1. The van der Waals surface area contributed by atoms with E-state index >= 15 is 0 Å². The fourth-order valence-electron chi connectivity index (χ4n) is 1.58. The summed E-state index contributed by atoms with van der Waals surface area (Å²) in [5, 5.41) is 2.58. The summed E-state index contributed by atoms with van der Waals surface area (Å²) < 4.78 is 5.18. The Morgan fingerprint density at radius 3 is 2.69 bits per heavy atom. The number of aryl methyl sites for hydroxylation is 1. The molecular formula is C12H18N2O2. The van der Waals surface area contributed by atoms with E-state index in [0.717, 1.165) is 16.9 Å². The Hall–Kier alpha value is -1.71. The van der Waals surface area contributed by atoms with Crippen molar-refractivity contribution in [2.45, 2.75) is 13.5 Å². The van der Waals surface area contributed by atoms with Crippen molar-refractivity contribution in [1.29, 1.82) is 0 Å². The van der Waals surface area contributed by atoms with E-state index in [9.17, 15) is 4.79 Å². The van der Waals surface area contributed by atoms with Gasteiger partial charge in [-0.15, -0.1) is 0 Å². The summed E-state index contributed by atoms with van der Waals surface area (Å²) in [6.07, 6.45) is 0. The molecule has 1 aromatic carbocycles. The fourth-order valence-corrected chi connectivity index (χ4v) is 1.58. The van der Waals surface area contributed by atoms with Crippen LogP contribution in [0.4, 0.5) is 4.79 Å². The van der Waals surface area contributed by atoms with Gasteiger partial charge in [-0.05, 0) is 24.1 Å². The van der Waals surface area contributed by atoms with Gasteiger partial charge in [-0.1, -0.05) is 12.1 Å². The molecule has 0 unspecified atom stereocenters. The van der Waals surface area contributed by atoms with Crippen molar-refractivity contribution >= 4 is 6.03 Å². The van der Waals surface area contributed by atoms with Crippen LogP contribution in [0.15, 0.2) is 18.2 Å². The molecule has 16 heavy (non-hydrogen) atoms. The van der Waals surface area contributed by atoms with Crippen LogP contribution in [0.25, 0.3) is 0 Å². The average molecular weight is 222 g/mol. The molecule has 4 nitrogen and oxygen atoms in total. The second-order valence-electron chi connectivity index (χ2n) is 3.72. The van der Waals surface area contributed by atoms with Crippen molar-refractivity contribution in [2.24, 2.45) is 0 Å². The molecule has 0 heterocycles. The lowest BCUT2D eigenvalue weighted by Crippen LogP contribution is -2.34. The van der Waals surface area contributed by atoms with Crippen LogP contribution in [0.2, 0.25) is 0 Å². The van der Waals surface area contributed by atoms with Gasteiger partial charge < -0.3 is 15.0 Å². The number of nitrogens with zero attached hydrogens (tertiary/aromatic N) is 1. The van der Waals surface area contributed by atoms with Gasteiger partial charge in [0.05, 0.1) is 7.11 Å². The zero-order valence-electron chi connectivity index (χ0n) is 10.2. The zero-order valence-corrected chi connectivity index (χ0v) is 10.2. The number of carbonyl (C=O) groups is 1. The number of methoxy groups -OCH3 is 1. The third-order valence-electron chi connectivity index (χ3n) is 2.44. The summed E-state index contributed by atoms with van der Waals surface area (Å²) in [5.74, 6) is 0.867. The Morgan fingerprint density at radius 1 is 1.50 bits per heavy atom. The maximum absolute atomic E-state index is 11.3. The first-order valence-corrected chi connectivity index (χ1v) is 5.15. The SMILES string of the molecule is CNC(=O)N(C)Cc1ccc(OC)c(C)c1. The van der Waals surface area contributed by atoms with Gasteiger partial charge in [0.1, 0.15) is 5.75 Å². The van der Waals surface area contributed by atoms with Crippen molar-refractivity contribution in [3.8, 4) is 5.75 Å². The van der Waals surface area contributed by atoms with Gasteiger partial charge in [0.25, 0.3) is 0 Å². The van der Waals surface area contributed by atoms with Gasteiger partial charge in [0, 0.05) is 20.6 Å². The lowest BCUT2D eigenvalue weighted by Gasteiger charge is -2.17. The van der Waals surface area contributed by atoms with Crippen molar-refractivity contribution in [2.75, 3.05) is 21.2 Å². The van der Waals surface area contributed by atoms with E-state index in [0.29, 0.717) is 6.54 Å². The minimum Gasteiger partial charge on any atom is -0.496 e. The molecule has 1 N–H and O–H groups in total. The van der Waals surface area contributed by atoms with Crippen LogP contribution in [-0.2, 0) is 6.54 Å². The summed E-state index contributed by atoms with van der Waals surface area (Å²) in [6, 6.07) is 5.82. The molecule has 0 bridgehead atoms. The van der Waals surface area contributed by atoms with E-state index in [4.69, 9.17) is 4.74 Å². The summed E-state index contributed by atoms with van der Waals surface area (Å²) in [6.45, 7) is 2.58. The smallest absolute Gasteiger partial charge is 0.317 e. The molecular weight excluding hydrogens is 204 g/mol. The lowest BCUT2D eigenvalue weighted by molar-refractivity contribution is 0.209. The average Bonchev–Trinajstić information content (AvgIpc) is 2.28. The second kappa shape index (κ2) is 5.39. The third kappa shape index (κ3) is 2.89. The van der Waals surface area contributed by atoms with E-state index in [1.165, 1.54) is 0 Å². The molecule has 0 spiro atoms. The molecule has 0 fully saturated rings. The van der Waals surface area contributed by atoms with Crippen LogP contribution in [0, 0.1) is 6.92 Å². The van der Waals surface area contributed by atoms with Crippen LogP contribution < -0.4 is 10.1 Å². The number of hydrogen-bond acceptors (Lipinski definition) is 2. The topological polar surface area (TPSA) is 41.6 Å². The Bertz CT molecular complexity index is 377. The largest absolute Gasteiger partial charge is 0.496 e. The normalized spacial score (nSPS) is 9.75. The first kappa shape index (κ1) is 12.4. The predicted octanol–water partition coefficient (Wildman–Crippen LogP) is 1.77. The van der Waals surface area contributed by atoms with Gasteiger partial charge in [0.15, 0.2) is 0 Å². The van der Waals surface area contributed by atoms with Crippen LogP contribution in [0.1, 0.15) is 11.1 Å². The van der Waals surface area contributed by atoms with E-state index in [1.807, 2.05) is 25.1 Å². The molecule has 0 aliphatic rings. The Morgan fingerprint density at radius 2 is 2.19 bits per heavy atom. The minimum atomic E-state index is -0.0894. The molecule has 0 radical (unpaired) electrons. The van der Waals surface area contributed by atoms with Crippen LogP contribution in [0.5, 0.6) is 5.75 Å². The predicted molar refractivity (Wildman–Crippen MR) is 63.7 cm³/mol. The highest BCUT2D eigenvalue weighted by Gasteiger charge is 2.07. The quantitative estimate of drug-likeness (QED) is 0.847. The summed E-state index contributed by atoms with van der Waals surface area (Å²) in [7, 11) is 5.04. The van der Waals surface area contributed by atoms with E-state index < -0.39 is 0 Å². The van der Waals surface area contributed by atoms with Gasteiger partial charge in [-0.3, -0.25) is 0 Å². The fraction of sp³-hybridized carbons (Fsp3) is 0.417. The van der Waals surface area contributed by atoms with E-state index in [2.05, 4.69) is 5.32 Å². The number of hydrogen-bond donors (Lipinski definition) is 1. The van der Waals surface area contributed by atoms with Gasteiger partial charge in [0.2, 0.25) is 0 Å². The molecule has 0 aliphatic heterocycles. The molecule has 1 rings (SSSR count). The van der Waals surface area contributed by atoms with Crippen LogP contribution in [0.3, 0.4) is 0 Å². The van der Waals surface area contributed by atoms with Crippen LogP contribution in [-0.4, -0.2) is 32.1 Å². The number of urea groups is 1. The van der Waals surface area contributed by atoms with E-state index in [1.54, 1.807) is 26.1 Å². The highest BCUT2D eigenvalue weighted by molar-refractivity contribution is 5.73. The number of carbonyl (C=O) groups excluding carboxylic acids is 1. The van der Waals surface area contributed by atoms with Gasteiger partial charge in [-0.2, -0.15) is 0 Å². The molecule has 2 amide bonds. The molecule has 0 aromatic heterocycles. The molecule has 0 aliphatic carbocycles. The number of benzene rings is 1. The highest BCUT2D eigenvalue weighted by atomic mass is 16.5. The monoisotopic (exact) mass is 222 g/mol. The number of rotatable bonds is 3. The van der Waals surface area contributed by atoms with E-state index in [-0.39, 0.29) is 6.03 Å². The summed E-state index contributed by atoms with van der Waals surface area (Å²) in [5.41, 5.74) is 2.16. The third-order valence-corrected chi connectivity index (χ3v) is 2.44. The Balaban J connectivity index is 2.75. The number of nitrogens with one attached hydrogen (secondary N) is 1. The highest BCUT2D eigenvalue weighted by Crippen LogP contribution is 2.19. The zero-order chi connectivity index (χ0) is 12.1. The molecule has 0 saturated heterocycles. The van der Waals surface area contributed by atoms with Gasteiger partial charge in [-0.25, -0.2) is 4.79 Å². The first-order valence-electron chi connectivity index (χ1n) is 5.15. The Labute approximate surface area is 96.2 Å². The van der Waals surface area contributed by atoms with Crippen molar-refractivity contribution in [3.63, 3.8) is 0 Å². The van der Waals surface area contributed by atoms with Crippen molar-refractivity contribution < 1.29 is 9.53 Å². The van der Waals surface area contributed by atoms with Crippen molar-refractivity contribution in [3.05, 3.63) is 29.3 Å². The summed E-state index contributed by atoms with van der Waals surface area (Å²) in [4.78, 5) is 12.9. The molecule has 1 aromatic rings. The number of amides is 2. The maximum Gasteiger partial charge on any atom is 0.317 e. The van der Waals surface area contributed by atoms with Gasteiger partial charge >= 0.3 is 6.03 Å². The Kier molecular flexibility index (Phi) is 4.17. The standard InChI is InChI=1S/C12H18N2O2/c1-9-7-10(5-6-11(9)16-4)8-14(3)12(15)13-2/h5-7H,8H2,1-4H3,(H,13,15). The molecule has 88 valence electrons. The van der Waals surface area contributed by atoms with Crippen LogP contribution >= 0.6 is 0 Å². The maximum atomic E-state index is 11.3. The molecule has 0 saturated carbocycles. The minimum absolute atomic E-state index is 0.0894. The molecule has 4 heteroatoms. The second-order valence-corrected chi connectivity index (χ2v) is 3.72. The van der Waals surface area contributed by atoms with Crippen molar-refractivity contribution in [1.82, 2.24) is 10.2 Å². The first-order chi connectivity index (χ1) is 7.58. The number of ether oxygens (including phenoxy) is 1.